The van der Waals surface area contributed by atoms with Gasteiger partial charge in [0.25, 0.3) is 0 Å². The quantitative estimate of drug-likeness (QED) is 0.820. The van der Waals surface area contributed by atoms with Gasteiger partial charge in [-0.15, -0.1) is 0 Å². The van der Waals surface area contributed by atoms with Gasteiger partial charge in [-0.3, -0.25) is 4.79 Å². The Morgan fingerprint density at radius 1 is 1.39 bits per heavy atom. The maximum atomic E-state index is 11.8. The number of nitrogens with one attached hydrogen (secondary N) is 1. The Morgan fingerprint density at radius 3 is 2.72 bits per heavy atom. The van der Waals surface area contributed by atoms with Crippen LogP contribution >= 0.6 is 0 Å². The van der Waals surface area contributed by atoms with E-state index in [-0.39, 0.29) is 18.6 Å². The Bertz CT molecular complexity index is 459. The highest BCUT2D eigenvalue weighted by atomic mass is 16.3. The van der Waals surface area contributed by atoms with Crippen LogP contribution in [0.1, 0.15) is 18.1 Å². The Labute approximate surface area is 108 Å². The van der Waals surface area contributed by atoms with Crippen LogP contribution in [-0.4, -0.2) is 36.2 Å². The molecule has 2 unspecified atom stereocenters. The maximum Gasteiger partial charge on any atom is 0.245 e. The molecular weight excluding hydrogens is 228 g/mol. The molecule has 4 nitrogen and oxygen atoms in total. The number of anilines is 1. The van der Waals surface area contributed by atoms with Crippen molar-refractivity contribution in [2.24, 2.45) is 0 Å². The van der Waals surface area contributed by atoms with E-state index in [9.17, 15) is 9.90 Å². The van der Waals surface area contributed by atoms with Crippen LogP contribution in [0.25, 0.3) is 0 Å². The zero-order valence-corrected chi connectivity index (χ0v) is 11.1. The predicted octanol–water partition coefficient (Wildman–Crippen LogP) is 0.989. The van der Waals surface area contributed by atoms with Crippen LogP contribution in [0.15, 0.2) is 18.2 Å². The standard InChI is InChI=1S/C14H20N2O2/c1-9-4-5-12(6-10(9)2)16-11(3)7-15-14(18)13(16)8-17/h4-6,11,13,17H,7-8H2,1-3H3,(H,15,18). The molecule has 98 valence electrons. The predicted molar refractivity (Wildman–Crippen MR) is 71.7 cm³/mol. The third-order valence-electron chi connectivity index (χ3n) is 3.65. The van der Waals surface area contributed by atoms with E-state index in [2.05, 4.69) is 38.2 Å². The molecule has 0 spiro atoms. The van der Waals surface area contributed by atoms with Crippen LogP contribution in [0, 0.1) is 13.8 Å². The summed E-state index contributed by atoms with van der Waals surface area (Å²) in [7, 11) is 0. The second-order valence-corrected chi connectivity index (χ2v) is 4.97. The van der Waals surface area contributed by atoms with Crippen LogP contribution in [0.4, 0.5) is 5.69 Å². The highest BCUT2D eigenvalue weighted by Gasteiger charge is 2.33. The molecule has 1 aromatic carbocycles. The number of aliphatic hydroxyl groups excluding tert-OH is 1. The summed E-state index contributed by atoms with van der Waals surface area (Å²) in [5.41, 5.74) is 3.43. The highest BCUT2D eigenvalue weighted by Crippen LogP contribution is 2.24. The third-order valence-corrected chi connectivity index (χ3v) is 3.65. The van der Waals surface area contributed by atoms with E-state index in [0.29, 0.717) is 6.54 Å². The number of aryl methyl sites for hydroxylation is 2. The lowest BCUT2D eigenvalue weighted by molar-refractivity contribution is -0.124. The maximum absolute atomic E-state index is 11.8. The Hall–Kier alpha value is -1.55. The van der Waals surface area contributed by atoms with Crippen LogP contribution in [0.5, 0.6) is 0 Å². The molecule has 2 rings (SSSR count). The molecular formula is C14H20N2O2. The molecule has 1 aliphatic rings. The normalized spacial score (nSPS) is 24.0. The van der Waals surface area contributed by atoms with Crippen molar-refractivity contribution in [2.45, 2.75) is 32.9 Å². The van der Waals surface area contributed by atoms with Gasteiger partial charge in [0.1, 0.15) is 6.04 Å². The second-order valence-electron chi connectivity index (χ2n) is 4.97. The Morgan fingerprint density at radius 2 is 2.11 bits per heavy atom. The van der Waals surface area contributed by atoms with Crippen molar-refractivity contribution in [3.63, 3.8) is 0 Å². The molecule has 0 saturated carbocycles. The van der Waals surface area contributed by atoms with Crippen molar-refractivity contribution in [1.29, 1.82) is 0 Å². The monoisotopic (exact) mass is 248 g/mol. The number of piperazine rings is 1. The second kappa shape index (κ2) is 4.98. The first-order chi connectivity index (χ1) is 8.54. The van der Waals surface area contributed by atoms with Gasteiger partial charge in [0.15, 0.2) is 0 Å². The van der Waals surface area contributed by atoms with Gasteiger partial charge in [-0.2, -0.15) is 0 Å². The minimum atomic E-state index is -0.490. The van der Waals surface area contributed by atoms with Gasteiger partial charge >= 0.3 is 0 Å². The van der Waals surface area contributed by atoms with E-state index >= 15 is 0 Å². The zero-order valence-electron chi connectivity index (χ0n) is 11.1. The summed E-state index contributed by atoms with van der Waals surface area (Å²) in [6.45, 7) is 6.62. The third kappa shape index (κ3) is 2.20. The summed E-state index contributed by atoms with van der Waals surface area (Å²) in [5, 5.41) is 12.3. The largest absolute Gasteiger partial charge is 0.394 e. The molecule has 0 bridgehead atoms. The van der Waals surface area contributed by atoms with Gasteiger partial charge in [0.05, 0.1) is 6.61 Å². The highest BCUT2D eigenvalue weighted by molar-refractivity contribution is 5.87. The van der Waals surface area contributed by atoms with Gasteiger partial charge in [-0.25, -0.2) is 0 Å². The summed E-state index contributed by atoms with van der Waals surface area (Å²) in [5.74, 6) is -0.103. The van der Waals surface area contributed by atoms with Crippen LogP contribution in [0.2, 0.25) is 0 Å². The van der Waals surface area contributed by atoms with Crippen molar-refractivity contribution in [2.75, 3.05) is 18.1 Å². The molecule has 0 aliphatic carbocycles. The van der Waals surface area contributed by atoms with E-state index in [1.54, 1.807) is 0 Å². The van der Waals surface area contributed by atoms with Crippen LogP contribution < -0.4 is 10.2 Å². The molecule has 1 saturated heterocycles. The Kier molecular flexibility index (Phi) is 3.57. The van der Waals surface area contributed by atoms with E-state index in [4.69, 9.17) is 0 Å². The van der Waals surface area contributed by atoms with Crippen molar-refractivity contribution >= 4 is 11.6 Å². The van der Waals surface area contributed by atoms with Crippen LogP contribution in [0.3, 0.4) is 0 Å². The first-order valence-corrected chi connectivity index (χ1v) is 6.28. The zero-order chi connectivity index (χ0) is 13.3. The summed E-state index contributed by atoms with van der Waals surface area (Å²) in [6, 6.07) is 5.84. The lowest BCUT2D eigenvalue weighted by Gasteiger charge is -2.41. The molecule has 1 amide bonds. The SMILES string of the molecule is Cc1ccc(N2C(C)CNC(=O)C2CO)cc1C. The van der Waals surface area contributed by atoms with Crippen LogP contribution in [-0.2, 0) is 4.79 Å². The molecule has 0 radical (unpaired) electrons. The van der Waals surface area contributed by atoms with Crippen molar-refractivity contribution < 1.29 is 9.90 Å². The molecule has 18 heavy (non-hydrogen) atoms. The lowest BCUT2D eigenvalue weighted by atomic mass is 10.0. The number of amides is 1. The summed E-state index contributed by atoms with van der Waals surface area (Å²) in [6.07, 6.45) is 0. The van der Waals surface area contributed by atoms with E-state index in [1.807, 2.05) is 11.0 Å². The first kappa shape index (κ1) is 12.9. The average molecular weight is 248 g/mol. The fraction of sp³-hybridized carbons (Fsp3) is 0.500. The fourth-order valence-corrected chi connectivity index (χ4v) is 2.39. The molecule has 2 atom stereocenters. The van der Waals surface area contributed by atoms with Gasteiger partial charge < -0.3 is 15.3 Å². The molecule has 0 aromatic heterocycles. The number of carbonyl (C=O) groups is 1. The smallest absolute Gasteiger partial charge is 0.245 e. The minimum absolute atomic E-state index is 0.103. The molecule has 1 aliphatic heterocycles. The topological polar surface area (TPSA) is 52.6 Å². The number of hydrogen-bond donors (Lipinski definition) is 2. The number of benzene rings is 1. The lowest BCUT2D eigenvalue weighted by Crippen LogP contribution is -2.61. The summed E-state index contributed by atoms with van der Waals surface area (Å²) >= 11 is 0. The Balaban J connectivity index is 2.38. The summed E-state index contributed by atoms with van der Waals surface area (Å²) < 4.78 is 0. The number of aliphatic hydroxyl groups is 1. The van der Waals surface area contributed by atoms with E-state index in [1.165, 1.54) is 11.1 Å². The molecule has 1 aromatic rings. The minimum Gasteiger partial charge on any atom is -0.394 e. The van der Waals surface area contributed by atoms with Gasteiger partial charge in [0.2, 0.25) is 5.91 Å². The fourth-order valence-electron chi connectivity index (χ4n) is 2.39. The van der Waals surface area contributed by atoms with Crippen molar-refractivity contribution in [1.82, 2.24) is 5.32 Å². The molecule has 4 heteroatoms. The number of hydrogen-bond acceptors (Lipinski definition) is 3. The average Bonchev–Trinajstić information content (AvgIpc) is 2.35. The molecule has 1 fully saturated rings. The molecule has 1 heterocycles. The molecule has 2 N–H and O–H groups in total. The van der Waals surface area contributed by atoms with E-state index in [0.717, 1.165) is 5.69 Å². The summed E-state index contributed by atoms with van der Waals surface area (Å²) in [4.78, 5) is 13.8. The van der Waals surface area contributed by atoms with Gasteiger partial charge in [-0.1, -0.05) is 6.07 Å². The number of carbonyl (C=O) groups excluding carboxylic acids is 1. The number of nitrogens with zero attached hydrogens (tertiary/aromatic N) is 1. The van der Waals surface area contributed by atoms with Gasteiger partial charge in [-0.05, 0) is 44.0 Å². The van der Waals surface area contributed by atoms with Crippen molar-refractivity contribution in [3.8, 4) is 0 Å². The van der Waals surface area contributed by atoms with Crippen molar-refractivity contribution in [3.05, 3.63) is 29.3 Å². The van der Waals surface area contributed by atoms with Gasteiger partial charge in [0, 0.05) is 18.3 Å². The first-order valence-electron chi connectivity index (χ1n) is 6.28. The van der Waals surface area contributed by atoms with E-state index < -0.39 is 6.04 Å². The number of rotatable bonds is 2.